The molecule has 0 fully saturated rings. The van der Waals surface area contributed by atoms with Gasteiger partial charge < -0.3 is 16.0 Å². The van der Waals surface area contributed by atoms with E-state index in [2.05, 4.69) is 5.16 Å². The third-order valence-corrected chi connectivity index (χ3v) is 2.48. The number of hydrogen-bond acceptors (Lipinski definition) is 4. The number of rotatable bonds is 5. The fourth-order valence-corrected chi connectivity index (χ4v) is 1.76. The Hall–Kier alpha value is -1.66. The second-order valence-electron chi connectivity index (χ2n) is 4.31. The van der Waals surface area contributed by atoms with Crippen LogP contribution in [0.1, 0.15) is 18.1 Å². The van der Waals surface area contributed by atoms with E-state index in [1.807, 2.05) is 0 Å². The van der Waals surface area contributed by atoms with Gasteiger partial charge in [-0.2, -0.15) is 0 Å². The minimum Gasteiger partial charge on any atom is -0.409 e. The number of nitrogens with zero attached hydrogens (tertiary/aromatic N) is 2. The van der Waals surface area contributed by atoms with Crippen molar-refractivity contribution in [2.24, 2.45) is 10.9 Å². The van der Waals surface area contributed by atoms with Crippen molar-refractivity contribution in [3.05, 3.63) is 35.1 Å². The van der Waals surface area contributed by atoms with Crippen LogP contribution in [-0.4, -0.2) is 40.7 Å². The Bertz CT molecular complexity index is 435. The van der Waals surface area contributed by atoms with Crippen molar-refractivity contribution in [2.45, 2.75) is 19.6 Å². The smallest absolute Gasteiger partial charge is 0.173 e. The van der Waals surface area contributed by atoms with E-state index in [1.54, 1.807) is 31.0 Å². The largest absolute Gasteiger partial charge is 0.409 e. The monoisotopic (exact) mass is 255 g/mol. The zero-order chi connectivity index (χ0) is 13.7. The van der Waals surface area contributed by atoms with E-state index in [0.29, 0.717) is 18.7 Å². The molecule has 1 atom stereocenters. The van der Waals surface area contributed by atoms with Crippen LogP contribution in [-0.2, 0) is 6.54 Å². The maximum absolute atomic E-state index is 14.0. The number of amidine groups is 1. The highest BCUT2D eigenvalue weighted by atomic mass is 19.1. The molecule has 0 amide bonds. The van der Waals surface area contributed by atoms with Crippen LogP contribution >= 0.6 is 0 Å². The first kappa shape index (κ1) is 14.4. The van der Waals surface area contributed by atoms with Crippen LogP contribution in [0.2, 0.25) is 0 Å². The molecule has 0 aromatic heterocycles. The molecule has 0 saturated carbocycles. The van der Waals surface area contributed by atoms with Crippen molar-refractivity contribution in [3.8, 4) is 0 Å². The molecule has 1 aromatic rings. The molecule has 0 aliphatic heterocycles. The van der Waals surface area contributed by atoms with Gasteiger partial charge in [-0.3, -0.25) is 4.90 Å². The highest BCUT2D eigenvalue weighted by Gasteiger charge is 2.13. The Morgan fingerprint density at radius 1 is 1.56 bits per heavy atom. The predicted octanol–water partition coefficient (Wildman–Crippen LogP) is 0.733. The van der Waals surface area contributed by atoms with Crippen LogP contribution in [0.25, 0.3) is 0 Å². The lowest BCUT2D eigenvalue weighted by atomic mass is 10.1. The summed E-state index contributed by atoms with van der Waals surface area (Å²) in [7, 11) is 1.78. The second-order valence-corrected chi connectivity index (χ2v) is 4.31. The van der Waals surface area contributed by atoms with Crippen LogP contribution in [0.5, 0.6) is 0 Å². The summed E-state index contributed by atoms with van der Waals surface area (Å²) >= 11 is 0. The molecule has 0 heterocycles. The van der Waals surface area contributed by atoms with Crippen LogP contribution < -0.4 is 5.73 Å². The maximum Gasteiger partial charge on any atom is 0.173 e. The molecular formula is C12H18FN3O2. The zero-order valence-electron chi connectivity index (χ0n) is 10.5. The fraction of sp³-hybridized carbons (Fsp3) is 0.417. The normalized spacial score (nSPS) is 13.9. The Morgan fingerprint density at radius 2 is 2.22 bits per heavy atom. The SMILES string of the molecule is CC(O)CN(C)Cc1cccc(/C(N)=N/O)c1F. The topological polar surface area (TPSA) is 82.1 Å². The molecule has 0 saturated heterocycles. The minimum absolute atomic E-state index is 0.0699. The average Bonchev–Trinajstić information content (AvgIpc) is 2.30. The molecular weight excluding hydrogens is 237 g/mol. The number of hydrogen-bond donors (Lipinski definition) is 3. The van der Waals surface area contributed by atoms with Crippen LogP contribution in [0, 0.1) is 5.82 Å². The fourth-order valence-electron chi connectivity index (χ4n) is 1.76. The third kappa shape index (κ3) is 3.68. The summed E-state index contributed by atoms with van der Waals surface area (Å²) in [6.45, 7) is 2.44. The van der Waals surface area contributed by atoms with Gasteiger partial charge in [-0.15, -0.1) is 0 Å². The summed E-state index contributed by atoms with van der Waals surface area (Å²) in [5, 5.41) is 20.6. The minimum atomic E-state index is -0.509. The first-order chi connectivity index (χ1) is 8.45. The molecule has 6 heteroatoms. The summed E-state index contributed by atoms with van der Waals surface area (Å²) in [6, 6.07) is 4.71. The van der Waals surface area contributed by atoms with Crippen LogP contribution in [0.4, 0.5) is 4.39 Å². The number of oxime groups is 1. The van der Waals surface area contributed by atoms with Gasteiger partial charge in [0.1, 0.15) is 5.82 Å². The number of halogens is 1. The third-order valence-electron chi connectivity index (χ3n) is 2.48. The Morgan fingerprint density at radius 3 is 2.78 bits per heavy atom. The van der Waals surface area contributed by atoms with Crippen molar-refractivity contribution in [1.82, 2.24) is 4.90 Å². The molecule has 0 aliphatic rings. The van der Waals surface area contributed by atoms with Gasteiger partial charge in [0, 0.05) is 18.7 Å². The standard InChI is InChI=1S/C12H18FN3O2/c1-8(17)6-16(2)7-9-4-3-5-10(11(9)13)12(14)15-18/h3-5,8,17-18H,6-7H2,1-2H3,(H2,14,15). The van der Waals surface area contributed by atoms with Crippen LogP contribution in [0.15, 0.2) is 23.4 Å². The van der Waals surface area contributed by atoms with E-state index in [4.69, 9.17) is 10.9 Å². The Balaban J connectivity index is 2.91. The van der Waals surface area contributed by atoms with Gasteiger partial charge in [0.15, 0.2) is 5.84 Å². The van der Waals surface area contributed by atoms with Crippen molar-refractivity contribution in [1.29, 1.82) is 0 Å². The summed E-state index contributed by atoms with van der Waals surface area (Å²) in [4.78, 5) is 1.79. The Kier molecular flexibility index (Phi) is 5.06. The van der Waals surface area contributed by atoms with E-state index < -0.39 is 11.9 Å². The number of nitrogens with two attached hydrogens (primary N) is 1. The number of aliphatic hydroxyl groups excluding tert-OH is 1. The molecule has 0 aliphatic carbocycles. The lowest BCUT2D eigenvalue weighted by molar-refractivity contribution is 0.137. The molecule has 0 spiro atoms. The zero-order valence-corrected chi connectivity index (χ0v) is 10.5. The summed E-state index contributed by atoms with van der Waals surface area (Å²) < 4.78 is 14.0. The molecule has 5 nitrogen and oxygen atoms in total. The van der Waals surface area contributed by atoms with Gasteiger partial charge in [0.05, 0.1) is 11.7 Å². The molecule has 100 valence electrons. The van der Waals surface area contributed by atoms with E-state index in [0.717, 1.165) is 0 Å². The summed E-state index contributed by atoms with van der Waals surface area (Å²) in [5.41, 5.74) is 5.88. The van der Waals surface area contributed by atoms with Gasteiger partial charge in [-0.05, 0) is 20.0 Å². The van der Waals surface area contributed by atoms with E-state index in [1.165, 1.54) is 6.07 Å². The van der Waals surface area contributed by atoms with Crippen molar-refractivity contribution in [2.75, 3.05) is 13.6 Å². The lowest BCUT2D eigenvalue weighted by Gasteiger charge is -2.19. The first-order valence-electron chi connectivity index (χ1n) is 5.57. The van der Waals surface area contributed by atoms with Crippen LogP contribution in [0.3, 0.4) is 0 Å². The molecule has 1 rings (SSSR count). The lowest BCUT2D eigenvalue weighted by Crippen LogP contribution is -2.27. The van der Waals surface area contributed by atoms with Crippen molar-refractivity contribution < 1.29 is 14.7 Å². The number of benzene rings is 1. The Labute approximate surface area is 105 Å². The van der Waals surface area contributed by atoms with Crippen molar-refractivity contribution >= 4 is 5.84 Å². The van der Waals surface area contributed by atoms with Gasteiger partial charge in [-0.25, -0.2) is 4.39 Å². The second kappa shape index (κ2) is 6.32. The maximum atomic E-state index is 14.0. The summed E-state index contributed by atoms with van der Waals surface area (Å²) in [6.07, 6.45) is -0.481. The van der Waals surface area contributed by atoms with E-state index in [9.17, 15) is 9.50 Å². The average molecular weight is 255 g/mol. The highest BCUT2D eigenvalue weighted by molar-refractivity contribution is 5.97. The number of aliphatic hydroxyl groups is 1. The van der Waals surface area contributed by atoms with Gasteiger partial charge in [0.25, 0.3) is 0 Å². The molecule has 4 N–H and O–H groups in total. The summed E-state index contributed by atoms with van der Waals surface area (Å²) in [5.74, 6) is -0.766. The number of likely N-dealkylation sites (N-methyl/N-ethyl adjacent to an activating group) is 1. The quantitative estimate of drug-likeness (QED) is 0.313. The molecule has 1 unspecified atom stereocenters. The molecule has 1 aromatic carbocycles. The van der Waals surface area contributed by atoms with Gasteiger partial charge in [-0.1, -0.05) is 17.3 Å². The van der Waals surface area contributed by atoms with E-state index in [-0.39, 0.29) is 11.4 Å². The highest BCUT2D eigenvalue weighted by Crippen LogP contribution is 2.14. The van der Waals surface area contributed by atoms with Gasteiger partial charge in [0.2, 0.25) is 0 Å². The van der Waals surface area contributed by atoms with E-state index >= 15 is 0 Å². The molecule has 0 bridgehead atoms. The molecule has 18 heavy (non-hydrogen) atoms. The van der Waals surface area contributed by atoms with Crippen molar-refractivity contribution in [3.63, 3.8) is 0 Å². The predicted molar refractivity (Wildman–Crippen MR) is 66.9 cm³/mol. The van der Waals surface area contributed by atoms with Gasteiger partial charge >= 0.3 is 0 Å². The molecule has 0 radical (unpaired) electrons. The first-order valence-corrected chi connectivity index (χ1v) is 5.57.